The molecule has 1 fully saturated rings. The standard InChI is InChI=1S/C21H27ClN2O2S/c1-7-23-17-10-16(22)14(8-15(17)13(4)11-21(23,5)6)9-18-19(25)24(12(2)3)20(26)27-18/h8-10,12-13H,7,11H2,1-6H3/b18-9+. The molecule has 3 rings (SSSR count). The minimum Gasteiger partial charge on any atom is -0.366 e. The summed E-state index contributed by atoms with van der Waals surface area (Å²) in [6, 6.07) is 3.95. The fraction of sp³-hybridized carbons (Fsp3) is 0.524. The van der Waals surface area contributed by atoms with Crippen molar-refractivity contribution in [3.8, 4) is 0 Å². The third-order valence-electron chi connectivity index (χ3n) is 5.45. The SMILES string of the molecule is CCN1c2cc(Cl)c(/C=C3/SC(=O)N(C(C)C)C3=O)cc2C(C)CC1(C)C. The summed E-state index contributed by atoms with van der Waals surface area (Å²) < 4.78 is 0. The maximum atomic E-state index is 12.6. The molecule has 146 valence electrons. The smallest absolute Gasteiger partial charge is 0.293 e. The number of imide groups is 1. The van der Waals surface area contributed by atoms with Crippen LogP contribution in [0.4, 0.5) is 10.5 Å². The van der Waals surface area contributed by atoms with Crippen molar-refractivity contribution >= 4 is 46.3 Å². The number of nitrogens with zero attached hydrogens (tertiary/aromatic N) is 2. The van der Waals surface area contributed by atoms with E-state index in [4.69, 9.17) is 11.6 Å². The molecule has 0 spiro atoms. The summed E-state index contributed by atoms with van der Waals surface area (Å²) in [5.41, 5.74) is 3.28. The molecule has 1 unspecified atom stereocenters. The predicted octanol–water partition coefficient (Wildman–Crippen LogP) is 5.90. The number of hydrogen-bond acceptors (Lipinski definition) is 4. The molecule has 0 aliphatic carbocycles. The Bertz CT molecular complexity index is 832. The van der Waals surface area contributed by atoms with Gasteiger partial charge in [0.05, 0.1) is 4.91 Å². The van der Waals surface area contributed by atoms with Crippen molar-refractivity contribution in [2.45, 2.75) is 65.5 Å². The normalized spacial score (nSPS) is 23.6. The van der Waals surface area contributed by atoms with E-state index in [1.54, 1.807) is 6.08 Å². The number of carbonyl (C=O) groups is 2. The second-order valence-electron chi connectivity index (χ2n) is 8.24. The van der Waals surface area contributed by atoms with Crippen LogP contribution in [0.5, 0.6) is 0 Å². The molecule has 0 bridgehead atoms. The van der Waals surface area contributed by atoms with Crippen LogP contribution in [0.3, 0.4) is 0 Å². The molecule has 2 heterocycles. The molecule has 4 nitrogen and oxygen atoms in total. The molecular formula is C21H27ClN2O2S. The van der Waals surface area contributed by atoms with Crippen LogP contribution in [0, 0.1) is 0 Å². The predicted molar refractivity (Wildman–Crippen MR) is 115 cm³/mol. The number of thioether (sulfide) groups is 1. The van der Waals surface area contributed by atoms with Crippen LogP contribution in [0.15, 0.2) is 17.0 Å². The number of halogens is 1. The van der Waals surface area contributed by atoms with Gasteiger partial charge in [0.15, 0.2) is 0 Å². The Morgan fingerprint density at radius 2 is 2.00 bits per heavy atom. The lowest BCUT2D eigenvalue weighted by molar-refractivity contribution is -0.123. The second-order valence-corrected chi connectivity index (χ2v) is 9.64. The molecule has 1 atom stereocenters. The highest BCUT2D eigenvalue weighted by Crippen LogP contribution is 2.45. The van der Waals surface area contributed by atoms with Crippen LogP contribution < -0.4 is 4.90 Å². The monoisotopic (exact) mass is 406 g/mol. The van der Waals surface area contributed by atoms with Gasteiger partial charge in [-0.15, -0.1) is 0 Å². The summed E-state index contributed by atoms with van der Waals surface area (Å²) in [5, 5.41) is 0.385. The van der Waals surface area contributed by atoms with Crippen molar-refractivity contribution in [1.82, 2.24) is 4.90 Å². The van der Waals surface area contributed by atoms with Gasteiger partial charge < -0.3 is 4.90 Å². The Morgan fingerprint density at radius 3 is 2.56 bits per heavy atom. The first-order chi connectivity index (χ1) is 12.6. The lowest BCUT2D eigenvalue weighted by atomic mass is 9.79. The first kappa shape index (κ1) is 20.3. The van der Waals surface area contributed by atoms with Gasteiger partial charge in [0, 0.05) is 28.8 Å². The Kier molecular flexibility index (Phi) is 5.39. The maximum Gasteiger partial charge on any atom is 0.293 e. The second kappa shape index (κ2) is 7.17. The van der Waals surface area contributed by atoms with Gasteiger partial charge in [0.25, 0.3) is 11.1 Å². The van der Waals surface area contributed by atoms with Crippen molar-refractivity contribution in [3.05, 3.63) is 33.2 Å². The third-order valence-corrected chi connectivity index (χ3v) is 6.66. The lowest BCUT2D eigenvalue weighted by Crippen LogP contribution is -2.48. The number of rotatable bonds is 3. The van der Waals surface area contributed by atoms with Gasteiger partial charge in [0.2, 0.25) is 0 Å². The van der Waals surface area contributed by atoms with Crippen molar-refractivity contribution in [1.29, 1.82) is 0 Å². The highest BCUT2D eigenvalue weighted by molar-refractivity contribution is 8.18. The number of hydrogen-bond donors (Lipinski definition) is 0. The zero-order valence-corrected chi connectivity index (χ0v) is 18.4. The van der Waals surface area contributed by atoms with Gasteiger partial charge in [-0.2, -0.15) is 0 Å². The van der Waals surface area contributed by atoms with E-state index in [-0.39, 0.29) is 22.7 Å². The van der Waals surface area contributed by atoms with Crippen LogP contribution in [0.2, 0.25) is 5.02 Å². The topological polar surface area (TPSA) is 40.6 Å². The van der Waals surface area contributed by atoms with E-state index in [1.165, 1.54) is 16.2 Å². The van der Waals surface area contributed by atoms with Gasteiger partial charge in [0.1, 0.15) is 0 Å². The molecule has 27 heavy (non-hydrogen) atoms. The van der Waals surface area contributed by atoms with Gasteiger partial charge in [-0.05, 0) is 88.1 Å². The molecule has 6 heteroatoms. The van der Waals surface area contributed by atoms with Gasteiger partial charge in [-0.3, -0.25) is 14.5 Å². The molecule has 1 saturated heterocycles. The molecule has 0 aromatic heterocycles. The average Bonchev–Trinajstić information content (AvgIpc) is 2.82. The summed E-state index contributed by atoms with van der Waals surface area (Å²) in [6.45, 7) is 13.5. The van der Waals surface area contributed by atoms with Crippen LogP contribution in [-0.2, 0) is 4.79 Å². The Hall–Kier alpha value is -1.46. The van der Waals surface area contributed by atoms with Crippen molar-refractivity contribution in [2.24, 2.45) is 0 Å². The number of benzene rings is 1. The molecule has 0 radical (unpaired) electrons. The molecule has 0 N–H and O–H groups in total. The van der Waals surface area contributed by atoms with Crippen molar-refractivity contribution < 1.29 is 9.59 Å². The van der Waals surface area contributed by atoms with E-state index in [2.05, 4.69) is 38.7 Å². The van der Waals surface area contributed by atoms with Crippen molar-refractivity contribution in [3.63, 3.8) is 0 Å². The van der Waals surface area contributed by atoms with E-state index >= 15 is 0 Å². The fourth-order valence-corrected chi connectivity index (χ4v) is 5.46. The number of carbonyl (C=O) groups excluding carboxylic acids is 2. The fourth-order valence-electron chi connectivity index (χ4n) is 4.30. The molecule has 0 saturated carbocycles. The maximum absolute atomic E-state index is 12.6. The third kappa shape index (κ3) is 3.52. The number of amides is 2. The van der Waals surface area contributed by atoms with Crippen molar-refractivity contribution in [2.75, 3.05) is 11.4 Å². The van der Waals surface area contributed by atoms with E-state index in [0.717, 1.165) is 30.3 Å². The quantitative estimate of drug-likeness (QED) is 0.586. The van der Waals surface area contributed by atoms with E-state index in [0.29, 0.717) is 15.8 Å². The van der Waals surface area contributed by atoms with Crippen LogP contribution in [0.1, 0.15) is 65.0 Å². The van der Waals surface area contributed by atoms with E-state index in [9.17, 15) is 9.59 Å². The Labute approximate surface area is 170 Å². The molecule has 2 aliphatic heterocycles. The first-order valence-corrected chi connectivity index (χ1v) is 10.6. The molecular weight excluding hydrogens is 380 g/mol. The van der Waals surface area contributed by atoms with Crippen LogP contribution in [-0.4, -0.2) is 34.2 Å². The van der Waals surface area contributed by atoms with Crippen LogP contribution in [0.25, 0.3) is 6.08 Å². The van der Waals surface area contributed by atoms with Gasteiger partial charge in [-0.1, -0.05) is 18.5 Å². The number of anilines is 1. The summed E-state index contributed by atoms with van der Waals surface area (Å²) in [4.78, 5) is 28.8. The zero-order valence-electron chi connectivity index (χ0n) is 16.8. The Balaban J connectivity index is 2.04. The minimum atomic E-state index is -0.238. The summed E-state index contributed by atoms with van der Waals surface area (Å²) >= 11 is 7.58. The van der Waals surface area contributed by atoms with Crippen LogP contribution >= 0.6 is 23.4 Å². The molecule has 1 aromatic carbocycles. The van der Waals surface area contributed by atoms with E-state index in [1.807, 2.05) is 19.9 Å². The minimum absolute atomic E-state index is 0.0753. The highest BCUT2D eigenvalue weighted by atomic mass is 35.5. The summed E-state index contributed by atoms with van der Waals surface area (Å²) in [6.07, 6.45) is 2.82. The average molecular weight is 407 g/mol. The molecule has 2 amide bonds. The highest BCUT2D eigenvalue weighted by Gasteiger charge is 2.38. The zero-order chi connectivity index (χ0) is 20.1. The molecule has 1 aromatic rings. The van der Waals surface area contributed by atoms with Gasteiger partial charge in [-0.25, -0.2) is 0 Å². The Morgan fingerprint density at radius 1 is 1.33 bits per heavy atom. The summed E-state index contributed by atoms with van der Waals surface area (Å²) in [7, 11) is 0. The first-order valence-electron chi connectivity index (χ1n) is 9.45. The molecule has 2 aliphatic rings. The summed E-state index contributed by atoms with van der Waals surface area (Å²) in [5.74, 6) is 0.158. The largest absolute Gasteiger partial charge is 0.366 e. The van der Waals surface area contributed by atoms with Gasteiger partial charge >= 0.3 is 0 Å². The van der Waals surface area contributed by atoms with E-state index < -0.39 is 0 Å². The lowest BCUT2D eigenvalue weighted by Gasteiger charge is -2.47. The number of fused-ring (bicyclic) bond motifs is 1.